The first-order valence-electron chi connectivity index (χ1n) is 8.82. The van der Waals surface area contributed by atoms with E-state index >= 15 is 0 Å². The molecule has 1 aromatic heterocycles. The Bertz CT molecular complexity index is 858. The Labute approximate surface area is 152 Å². The molecule has 1 aliphatic heterocycles. The number of nitrogens with one attached hydrogen (secondary N) is 2. The third kappa shape index (κ3) is 2.41. The van der Waals surface area contributed by atoms with E-state index in [9.17, 15) is 4.79 Å². The highest BCUT2D eigenvalue weighted by atomic mass is 32.2. The molecule has 0 bridgehead atoms. The first kappa shape index (κ1) is 16.9. The summed E-state index contributed by atoms with van der Waals surface area (Å²) in [5.41, 5.74) is 1.70. The predicted molar refractivity (Wildman–Crippen MR) is 102 cm³/mol. The van der Waals surface area contributed by atoms with Gasteiger partial charge in [0.25, 0.3) is 0 Å². The van der Waals surface area contributed by atoms with E-state index in [-0.39, 0.29) is 17.2 Å². The van der Waals surface area contributed by atoms with Crippen LogP contribution in [0.15, 0.2) is 23.1 Å². The summed E-state index contributed by atoms with van der Waals surface area (Å²) in [6.45, 7) is 8.22. The minimum absolute atomic E-state index is 0.129. The van der Waals surface area contributed by atoms with Gasteiger partial charge in [0.15, 0.2) is 0 Å². The van der Waals surface area contributed by atoms with Crippen molar-refractivity contribution in [1.82, 2.24) is 20.4 Å². The van der Waals surface area contributed by atoms with Crippen LogP contribution >= 0.6 is 11.8 Å². The van der Waals surface area contributed by atoms with Gasteiger partial charge >= 0.3 is 0 Å². The van der Waals surface area contributed by atoms with Crippen LogP contribution in [0, 0.1) is 17.3 Å². The van der Waals surface area contributed by atoms with Gasteiger partial charge in [-0.05, 0) is 44.0 Å². The van der Waals surface area contributed by atoms with E-state index in [2.05, 4.69) is 55.9 Å². The summed E-state index contributed by atoms with van der Waals surface area (Å²) in [6, 6.07) is 6.28. The Hall–Kier alpha value is -1.53. The van der Waals surface area contributed by atoms with Crippen molar-refractivity contribution in [3.8, 4) is 0 Å². The maximum atomic E-state index is 12.9. The Morgan fingerprint density at radius 1 is 1.48 bits per heavy atom. The molecule has 1 saturated heterocycles. The van der Waals surface area contributed by atoms with Gasteiger partial charge in [0.2, 0.25) is 5.91 Å². The second-order valence-electron chi connectivity index (χ2n) is 8.16. The normalized spacial score (nSPS) is 28.2. The van der Waals surface area contributed by atoms with E-state index in [0.29, 0.717) is 5.92 Å². The quantitative estimate of drug-likeness (QED) is 0.825. The molecular formula is C19H26N4OS. The van der Waals surface area contributed by atoms with Crippen molar-refractivity contribution in [2.75, 3.05) is 19.3 Å². The highest BCUT2D eigenvalue weighted by molar-refractivity contribution is 7.98. The standard InChI is InChI=1S/C19H26N4OS/c1-18(2,21-17(24)14-12-9-20-10-19(12,14)3)16-11-7-6-8-13(25-5)15(11)23(4)22-16/h6-8,12,14,20H,9-10H2,1-5H3,(H,21,24)/t12-,14+,19-/m1/s1. The maximum Gasteiger partial charge on any atom is 0.224 e. The number of benzene rings is 1. The number of amides is 1. The lowest BCUT2D eigenvalue weighted by molar-refractivity contribution is -0.125. The van der Waals surface area contributed by atoms with Crippen LogP contribution in [0.5, 0.6) is 0 Å². The number of aromatic nitrogens is 2. The molecule has 25 heavy (non-hydrogen) atoms. The summed E-state index contributed by atoms with van der Waals surface area (Å²) in [7, 11) is 1.97. The van der Waals surface area contributed by atoms with Gasteiger partial charge in [0.1, 0.15) is 0 Å². The molecule has 1 aliphatic carbocycles. The van der Waals surface area contributed by atoms with Crippen LogP contribution in [-0.4, -0.2) is 35.0 Å². The Morgan fingerprint density at radius 3 is 2.88 bits per heavy atom. The van der Waals surface area contributed by atoms with Crippen LogP contribution < -0.4 is 10.6 Å². The number of carbonyl (C=O) groups excluding carboxylic acids is 1. The zero-order chi connectivity index (χ0) is 18.0. The third-order valence-corrected chi connectivity index (χ3v) is 6.85. The number of piperidine rings is 1. The van der Waals surface area contributed by atoms with Gasteiger partial charge in [-0.25, -0.2) is 0 Å². The van der Waals surface area contributed by atoms with E-state index in [0.717, 1.165) is 29.7 Å². The van der Waals surface area contributed by atoms with E-state index in [4.69, 9.17) is 5.10 Å². The van der Waals surface area contributed by atoms with Crippen molar-refractivity contribution in [1.29, 1.82) is 0 Å². The summed E-state index contributed by atoms with van der Waals surface area (Å²) in [4.78, 5) is 14.1. The first-order chi connectivity index (χ1) is 11.8. The molecule has 134 valence electrons. The molecule has 4 rings (SSSR count). The lowest BCUT2D eigenvalue weighted by Crippen LogP contribution is -2.44. The van der Waals surface area contributed by atoms with Crippen molar-refractivity contribution in [3.63, 3.8) is 0 Å². The Balaban J connectivity index is 1.65. The highest BCUT2D eigenvalue weighted by Gasteiger charge is 2.67. The molecule has 5 nitrogen and oxygen atoms in total. The summed E-state index contributed by atoms with van der Waals surface area (Å²) in [5, 5.41) is 12.5. The van der Waals surface area contributed by atoms with Crippen LogP contribution in [0.3, 0.4) is 0 Å². The largest absolute Gasteiger partial charge is 0.345 e. The second kappa shape index (κ2) is 5.48. The summed E-state index contributed by atoms with van der Waals surface area (Å²) < 4.78 is 1.93. The molecule has 1 amide bonds. The molecule has 2 aromatic rings. The summed E-state index contributed by atoms with van der Waals surface area (Å²) in [6.07, 6.45) is 2.08. The fourth-order valence-corrected chi connectivity index (χ4v) is 5.25. The van der Waals surface area contributed by atoms with Crippen LogP contribution in [0.25, 0.3) is 10.9 Å². The lowest BCUT2D eigenvalue weighted by Gasteiger charge is -2.26. The van der Waals surface area contributed by atoms with Gasteiger partial charge in [-0.15, -0.1) is 11.8 Å². The van der Waals surface area contributed by atoms with E-state index in [1.165, 1.54) is 4.90 Å². The molecule has 2 N–H and O–H groups in total. The number of thioether (sulfide) groups is 1. The van der Waals surface area contributed by atoms with Gasteiger partial charge in [-0.1, -0.05) is 19.1 Å². The molecular weight excluding hydrogens is 332 g/mol. The van der Waals surface area contributed by atoms with Crippen molar-refractivity contribution in [3.05, 3.63) is 23.9 Å². The van der Waals surface area contributed by atoms with Crippen LogP contribution in [0.4, 0.5) is 0 Å². The number of rotatable bonds is 4. The SMILES string of the molecule is CSc1cccc2c(C(C)(C)NC(=O)[C@@H]3[C@H]4CNC[C@]43C)nn(C)c12. The predicted octanol–water partition coefficient (Wildman–Crippen LogP) is 2.50. The monoisotopic (exact) mass is 358 g/mol. The summed E-state index contributed by atoms with van der Waals surface area (Å²) in [5.74, 6) is 0.774. The zero-order valence-corrected chi connectivity index (χ0v) is 16.3. The van der Waals surface area contributed by atoms with Crippen LogP contribution in [0.1, 0.15) is 26.5 Å². The van der Waals surface area contributed by atoms with Gasteiger partial charge in [-0.2, -0.15) is 5.10 Å². The van der Waals surface area contributed by atoms with Gasteiger partial charge < -0.3 is 10.6 Å². The average molecular weight is 359 g/mol. The number of nitrogens with zero attached hydrogens (tertiary/aromatic N) is 2. The fourth-order valence-electron chi connectivity index (χ4n) is 4.60. The van der Waals surface area contributed by atoms with Gasteiger partial charge in [0.05, 0.1) is 16.7 Å². The number of para-hydroxylation sites is 1. The number of fused-ring (bicyclic) bond motifs is 2. The van der Waals surface area contributed by atoms with Crippen molar-refractivity contribution in [2.45, 2.75) is 31.2 Å². The first-order valence-corrected chi connectivity index (χ1v) is 10.0. The van der Waals surface area contributed by atoms with Crippen LogP contribution in [-0.2, 0) is 17.4 Å². The van der Waals surface area contributed by atoms with E-state index in [1.54, 1.807) is 11.8 Å². The molecule has 2 fully saturated rings. The number of carbonyl (C=O) groups is 1. The number of hydrogen-bond acceptors (Lipinski definition) is 4. The highest BCUT2D eigenvalue weighted by Crippen LogP contribution is 2.60. The third-order valence-electron chi connectivity index (χ3n) is 6.08. The Kier molecular flexibility index (Phi) is 3.71. The fraction of sp³-hybridized carbons (Fsp3) is 0.579. The molecule has 1 saturated carbocycles. The molecule has 1 aromatic carbocycles. The topological polar surface area (TPSA) is 59.0 Å². The second-order valence-corrected chi connectivity index (χ2v) is 9.01. The van der Waals surface area contributed by atoms with E-state index in [1.807, 2.05) is 11.7 Å². The van der Waals surface area contributed by atoms with Gasteiger partial charge in [0, 0.05) is 29.8 Å². The molecule has 0 unspecified atom stereocenters. The average Bonchev–Trinajstić information content (AvgIpc) is 2.84. The summed E-state index contributed by atoms with van der Waals surface area (Å²) >= 11 is 1.72. The minimum Gasteiger partial charge on any atom is -0.345 e. The van der Waals surface area contributed by atoms with Crippen molar-refractivity contribution < 1.29 is 4.79 Å². The lowest BCUT2D eigenvalue weighted by atomic mass is 9.96. The molecule has 3 atom stereocenters. The molecule has 2 heterocycles. The van der Waals surface area contributed by atoms with E-state index < -0.39 is 5.54 Å². The molecule has 2 aliphatic rings. The zero-order valence-electron chi connectivity index (χ0n) is 15.5. The van der Waals surface area contributed by atoms with Crippen molar-refractivity contribution >= 4 is 28.6 Å². The van der Waals surface area contributed by atoms with Gasteiger partial charge in [-0.3, -0.25) is 9.48 Å². The maximum absolute atomic E-state index is 12.9. The Morgan fingerprint density at radius 2 is 2.24 bits per heavy atom. The smallest absolute Gasteiger partial charge is 0.224 e. The molecule has 0 radical (unpaired) electrons. The minimum atomic E-state index is -0.506. The number of hydrogen-bond donors (Lipinski definition) is 2. The van der Waals surface area contributed by atoms with Crippen LogP contribution in [0.2, 0.25) is 0 Å². The molecule has 6 heteroatoms. The number of aryl methyl sites for hydroxylation is 1. The molecule has 0 spiro atoms. The van der Waals surface area contributed by atoms with Crippen molar-refractivity contribution in [2.24, 2.45) is 24.3 Å².